The first-order chi connectivity index (χ1) is 14.0. The number of aromatic nitrogens is 1. The maximum atomic E-state index is 12.9. The molecule has 0 spiro atoms. The lowest BCUT2D eigenvalue weighted by molar-refractivity contribution is -0.115. The molecule has 0 saturated carbocycles. The SMILES string of the molecule is COC(=O)c1ccc(C=CC(=O)C(C#N)C(=O)c2c(C)[nH]c3ccccc23)cc1. The van der Waals surface area contributed by atoms with Crippen molar-refractivity contribution in [1.82, 2.24) is 4.98 Å². The molecule has 0 amide bonds. The number of benzene rings is 2. The Morgan fingerprint density at radius 2 is 1.79 bits per heavy atom. The van der Waals surface area contributed by atoms with E-state index in [1.807, 2.05) is 18.2 Å². The van der Waals surface area contributed by atoms with Crippen molar-refractivity contribution in [1.29, 1.82) is 5.26 Å². The van der Waals surface area contributed by atoms with Crippen molar-refractivity contribution in [2.24, 2.45) is 5.92 Å². The molecule has 2 aromatic carbocycles. The van der Waals surface area contributed by atoms with Crippen LogP contribution in [0.15, 0.2) is 54.6 Å². The summed E-state index contributed by atoms with van der Waals surface area (Å²) in [5, 5.41) is 10.1. The van der Waals surface area contributed by atoms with Crippen LogP contribution in [0, 0.1) is 24.2 Å². The number of carbonyl (C=O) groups excluding carboxylic acids is 3. The number of nitrogens with zero attached hydrogens (tertiary/aromatic N) is 1. The molecule has 0 bridgehead atoms. The van der Waals surface area contributed by atoms with Crippen LogP contribution in [0.25, 0.3) is 17.0 Å². The molecule has 0 radical (unpaired) electrons. The van der Waals surface area contributed by atoms with Crippen molar-refractivity contribution in [3.05, 3.63) is 77.0 Å². The topological polar surface area (TPSA) is 100 Å². The highest BCUT2D eigenvalue weighted by Gasteiger charge is 2.29. The molecule has 1 aromatic heterocycles. The van der Waals surface area contributed by atoms with Gasteiger partial charge in [-0.2, -0.15) is 5.26 Å². The van der Waals surface area contributed by atoms with Crippen LogP contribution in [0.3, 0.4) is 0 Å². The minimum absolute atomic E-state index is 0.358. The number of carbonyl (C=O) groups is 3. The average Bonchev–Trinajstić information content (AvgIpc) is 3.08. The third kappa shape index (κ3) is 3.99. The third-order valence-corrected chi connectivity index (χ3v) is 4.59. The Labute approximate surface area is 167 Å². The van der Waals surface area contributed by atoms with Crippen LogP contribution in [-0.2, 0) is 9.53 Å². The minimum atomic E-state index is -1.43. The molecule has 1 N–H and O–H groups in total. The van der Waals surface area contributed by atoms with Crippen molar-refractivity contribution >= 4 is 34.5 Å². The molecule has 0 aliphatic carbocycles. The fraction of sp³-hybridized carbons (Fsp3) is 0.130. The molecule has 3 aromatic rings. The number of ether oxygens (including phenoxy) is 1. The molecule has 1 atom stereocenters. The monoisotopic (exact) mass is 386 g/mol. The van der Waals surface area contributed by atoms with E-state index in [1.54, 1.807) is 43.3 Å². The van der Waals surface area contributed by atoms with Crippen LogP contribution in [0.1, 0.15) is 32.0 Å². The number of aryl methyl sites for hydroxylation is 1. The normalized spacial score (nSPS) is 11.9. The molecule has 0 aliphatic rings. The molecule has 1 heterocycles. The summed E-state index contributed by atoms with van der Waals surface area (Å²) in [6, 6.07) is 15.5. The van der Waals surface area contributed by atoms with Gasteiger partial charge in [0.2, 0.25) is 0 Å². The molecule has 0 fully saturated rings. The summed E-state index contributed by atoms with van der Waals surface area (Å²) in [4.78, 5) is 40.0. The number of allylic oxidation sites excluding steroid dienone is 1. The highest BCUT2D eigenvalue weighted by atomic mass is 16.5. The number of aromatic amines is 1. The largest absolute Gasteiger partial charge is 0.465 e. The second kappa shape index (κ2) is 8.36. The van der Waals surface area contributed by atoms with E-state index < -0.39 is 23.5 Å². The van der Waals surface area contributed by atoms with E-state index in [0.29, 0.717) is 27.8 Å². The van der Waals surface area contributed by atoms with E-state index in [4.69, 9.17) is 0 Å². The summed E-state index contributed by atoms with van der Waals surface area (Å²) in [6.45, 7) is 1.74. The van der Waals surface area contributed by atoms with Gasteiger partial charge in [0.05, 0.1) is 18.7 Å². The first-order valence-electron chi connectivity index (χ1n) is 8.87. The number of fused-ring (bicyclic) bond motifs is 1. The van der Waals surface area contributed by atoms with E-state index in [2.05, 4.69) is 9.72 Å². The highest BCUT2D eigenvalue weighted by Crippen LogP contribution is 2.25. The third-order valence-electron chi connectivity index (χ3n) is 4.59. The van der Waals surface area contributed by atoms with Gasteiger partial charge in [0.1, 0.15) is 0 Å². The molecule has 3 rings (SSSR count). The van der Waals surface area contributed by atoms with Crippen LogP contribution in [0.5, 0.6) is 0 Å². The fourth-order valence-corrected chi connectivity index (χ4v) is 3.11. The maximum Gasteiger partial charge on any atom is 0.337 e. The molecule has 6 heteroatoms. The van der Waals surface area contributed by atoms with Gasteiger partial charge in [-0.1, -0.05) is 36.4 Å². The van der Waals surface area contributed by atoms with E-state index >= 15 is 0 Å². The lowest BCUT2D eigenvalue weighted by atomic mass is 9.92. The Kier molecular flexibility index (Phi) is 5.70. The van der Waals surface area contributed by atoms with E-state index in [1.165, 1.54) is 19.3 Å². The van der Waals surface area contributed by atoms with Crippen molar-refractivity contribution in [2.45, 2.75) is 6.92 Å². The van der Waals surface area contributed by atoms with Gasteiger partial charge in [0, 0.05) is 22.2 Å². The quantitative estimate of drug-likeness (QED) is 0.300. The van der Waals surface area contributed by atoms with Crippen molar-refractivity contribution < 1.29 is 19.1 Å². The first kappa shape index (κ1) is 19.8. The zero-order valence-corrected chi connectivity index (χ0v) is 15.9. The summed E-state index contributed by atoms with van der Waals surface area (Å²) in [7, 11) is 1.29. The van der Waals surface area contributed by atoms with Crippen LogP contribution < -0.4 is 0 Å². The molecule has 144 valence electrons. The van der Waals surface area contributed by atoms with Crippen LogP contribution >= 0.6 is 0 Å². The van der Waals surface area contributed by atoms with E-state index in [-0.39, 0.29) is 0 Å². The Morgan fingerprint density at radius 1 is 1.10 bits per heavy atom. The summed E-state index contributed by atoms with van der Waals surface area (Å²) in [5.41, 5.74) is 2.79. The molecular formula is C23H18N2O4. The number of rotatable bonds is 6. The molecule has 29 heavy (non-hydrogen) atoms. The van der Waals surface area contributed by atoms with Crippen molar-refractivity contribution in [3.8, 4) is 6.07 Å². The van der Waals surface area contributed by atoms with Gasteiger partial charge in [-0.25, -0.2) is 4.79 Å². The summed E-state index contributed by atoms with van der Waals surface area (Å²) in [6.07, 6.45) is 2.71. The Balaban J connectivity index is 1.82. The fourth-order valence-electron chi connectivity index (χ4n) is 3.11. The number of nitriles is 1. The Morgan fingerprint density at radius 3 is 2.45 bits per heavy atom. The second-order valence-corrected chi connectivity index (χ2v) is 6.45. The van der Waals surface area contributed by atoms with E-state index in [0.717, 1.165) is 5.52 Å². The number of para-hydroxylation sites is 1. The van der Waals surface area contributed by atoms with Gasteiger partial charge in [0.25, 0.3) is 0 Å². The summed E-state index contributed by atoms with van der Waals surface area (Å²) < 4.78 is 4.64. The highest BCUT2D eigenvalue weighted by molar-refractivity contribution is 6.21. The van der Waals surface area contributed by atoms with Crippen LogP contribution in [-0.4, -0.2) is 29.6 Å². The zero-order chi connectivity index (χ0) is 21.0. The lowest BCUT2D eigenvalue weighted by Gasteiger charge is -2.05. The van der Waals surface area contributed by atoms with Crippen molar-refractivity contribution in [2.75, 3.05) is 7.11 Å². The first-order valence-corrected chi connectivity index (χ1v) is 8.87. The molecule has 6 nitrogen and oxygen atoms in total. The standard InChI is InChI=1S/C23H18N2O4/c1-14-21(17-5-3-4-6-19(17)25-14)22(27)18(13-24)20(26)12-9-15-7-10-16(11-8-15)23(28)29-2/h3-12,18,25H,1-2H3. The minimum Gasteiger partial charge on any atom is -0.465 e. The Bertz CT molecular complexity index is 1160. The molecule has 0 aliphatic heterocycles. The van der Waals surface area contributed by atoms with Gasteiger partial charge in [-0.3, -0.25) is 9.59 Å². The average molecular weight is 386 g/mol. The number of nitrogens with one attached hydrogen (secondary N) is 1. The molecule has 0 saturated heterocycles. The number of hydrogen-bond donors (Lipinski definition) is 1. The van der Waals surface area contributed by atoms with Crippen molar-refractivity contribution in [3.63, 3.8) is 0 Å². The second-order valence-electron chi connectivity index (χ2n) is 6.45. The number of H-pyrrole nitrogens is 1. The summed E-state index contributed by atoms with van der Waals surface area (Å²) in [5.74, 6) is -3.02. The van der Waals surface area contributed by atoms with Crippen LogP contribution in [0.2, 0.25) is 0 Å². The number of hydrogen-bond acceptors (Lipinski definition) is 5. The smallest absolute Gasteiger partial charge is 0.337 e. The van der Waals surface area contributed by atoms with Gasteiger partial charge >= 0.3 is 5.97 Å². The summed E-state index contributed by atoms with van der Waals surface area (Å²) >= 11 is 0. The number of Topliss-reactive ketones (excluding diaryl/α,β-unsaturated/α-hetero) is 1. The molecule has 1 unspecified atom stereocenters. The van der Waals surface area contributed by atoms with Gasteiger partial charge < -0.3 is 9.72 Å². The number of ketones is 2. The van der Waals surface area contributed by atoms with E-state index in [9.17, 15) is 19.6 Å². The number of methoxy groups -OCH3 is 1. The predicted molar refractivity (Wildman–Crippen MR) is 108 cm³/mol. The lowest BCUT2D eigenvalue weighted by Crippen LogP contribution is -2.21. The Hall–Kier alpha value is -3.98. The van der Waals surface area contributed by atoms with Gasteiger partial charge in [0.15, 0.2) is 17.5 Å². The number of esters is 1. The zero-order valence-electron chi connectivity index (χ0n) is 15.9. The molecular weight excluding hydrogens is 368 g/mol. The predicted octanol–water partition coefficient (Wildman–Crippen LogP) is 3.87. The van der Waals surface area contributed by atoms with Crippen LogP contribution in [0.4, 0.5) is 0 Å². The maximum absolute atomic E-state index is 12.9. The van der Waals surface area contributed by atoms with Gasteiger partial charge in [-0.15, -0.1) is 0 Å². The van der Waals surface area contributed by atoms with Gasteiger partial charge in [-0.05, 0) is 36.8 Å².